The van der Waals surface area contributed by atoms with Gasteiger partial charge in [0.05, 0.1) is 7.11 Å². The van der Waals surface area contributed by atoms with Crippen molar-refractivity contribution in [1.82, 2.24) is 4.98 Å². The van der Waals surface area contributed by atoms with Gasteiger partial charge in [-0.1, -0.05) is 15.9 Å². The van der Waals surface area contributed by atoms with Crippen LogP contribution in [0.4, 0.5) is 13.2 Å². The van der Waals surface area contributed by atoms with Gasteiger partial charge in [0.25, 0.3) is 12.4 Å². The normalized spacial score (nSPS) is 10.7. The first kappa shape index (κ1) is 11.3. The van der Waals surface area contributed by atoms with Gasteiger partial charge in [0.15, 0.2) is 5.75 Å². The highest BCUT2D eigenvalue weighted by Gasteiger charge is 2.17. The predicted octanol–water partition coefficient (Wildman–Crippen LogP) is 3.06. The minimum atomic E-state index is -2.78. The average molecular weight is 270 g/mol. The fourth-order valence-corrected chi connectivity index (χ4v) is 1.42. The van der Waals surface area contributed by atoms with Gasteiger partial charge in [0, 0.05) is 10.9 Å². The van der Waals surface area contributed by atoms with E-state index in [1.54, 1.807) is 0 Å². The lowest BCUT2D eigenvalue weighted by atomic mass is 10.2. The number of alkyl halides is 3. The van der Waals surface area contributed by atoms with E-state index in [-0.39, 0.29) is 11.1 Å². The second-order valence-electron chi connectivity index (χ2n) is 2.46. The Morgan fingerprint density at radius 1 is 1.57 bits per heavy atom. The summed E-state index contributed by atoms with van der Waals surface area (Å²) >= 11 is 3.05. The highest BCUT2D eigenvalue weighted by molar-refractivity contribution is 9.08. The van der Waals surface area contributed by atoms with Crippen molar-refractivity contribution >= 4 is 15.9 Å². The molecular formula is C8H7BrF3NO. The van der Waals surface area contributed by atoms with E-state index in [0.717, 1.165) is 6.07 Å². The van der Waals surface area contributed by atoms with E-state index in [1.807, 2.05) is 0 Å². The van der Waals surface area contributed by atoms with Crippen molar-refractivity contribution in [3.63, 3.8) is 0 Å². The second kappa shape index (κ2) is 4.63. The summed E-state index contributed by atoms with van der Waals surface area (Å²) in [6, 6.07) is 1.11. The number of rotatable bonds is 3. The maximum atomic E-state index is 13.1. The molecule has 1 aromatic rings. The van der Waals surface area contributed by atoms with Crippen LogP contribution in [-0.2, 0) is 5.33 Å². The summed E-state index contributed by atoms with van der Waals surface area (Å²) in [5.41, 5.74) is -0.270. The summed E-state index contributed by atoms with van der Waals surface area (Å²) < 4.78 is 42.2. The Balaban J connectivity index is 3.24. The molecule has 0 spiro atoms. The molecular weight excluding hydrogens is 263 g/mol. The third-order valence-electron chi connectivity index (χ3n) is 1.60. The van der Waals surface area contributed by atoms with E-state index in [2.05, 4.69) is 25.7 Å². The summed E-state index contributed by atoms with van der Waals surface area (Å²) in [5, 5.41) is 0.231. The van der Waals surface area contributed by atoms with E-state index in [1.165, 1.54) is 7.11 Å². The highest BCUT2D eigenvalue weighted by Crippen LogP contribution is 2.27. The van der Waals surface area contributed by atoms with Gasteiger partial charge < -0.3 is 4.74 Å². The Morgan fingerprint density at radius 3 is 2.64 bits per heavy atom. The Bertz CT molecular complexity index is 333. The zero-order valence-corrected chi connectivity index (χ0v) is 8.82. The van der Waals surface area contributed by atoms with E-state index in [0.29, 0.717) is 5.56 Å². The standard InChI is InChI=1S/C8H7BrF3NO/c1-14-6-4(3-9)2-5(7(10)11)13-8(6)12/h2,7H,3H2,1H3. The van der Waals surface area contributed by atoms with E-state index >= 15 is 0 Å². The lowest BCUT2D eigenvalue weighted by molar-refractivity contribution is 0.144. The van der Waals surface area contributed by atoms with Crippen LogP contribution in [0.2, 0.25) is 0 Å². The van der Waals surface area contributed by atoms with Crippen molar-refractivity contribution < 1.29 is 17.9 Å². The lowest BCUT2D eigenvalue weighted by Crippen LogP contribution is -2.01. The number of halogens is 4. The maximum Gasteiger partial charge on any atom is 0.280 e. The van der Waals surface area contributed by atoms with Gasteiger partial charge in [-0.2, -0.15) is 4.39 Å². The predicted molar refractivity (Wildman–Crippen MR) is 48.3 cm³/mol. The van der Waals surface area contributed by atoms with Crippen LogP contribution in [0.1, 0.15) is 17.7 Å². The molecule has 2 nitrogen and oxygen atoms in total. The largest absolute Gasteiger partial charge is 0.492 e. The monoisotopic (exact) mass is 269 g/mol. The fraction of sp³-hybridized carbons (Fsp3) is 0.375. The minimum absolute atomic E-state index is 0.105. The third kappa shape index (κ3) is 2.17. The van der Waals surface area contributed by atoms with Gasteiger partial charge in [0.1, 0.15) is 5.69 Å². The number of hydrogen-bond donors (Lipinski definition) is 0. The highest BCUT2D eigenvalue weighted by atomic mass is 79.9. The summed E-state index contributed by atoms with van der Waals surface area (Å²) in [6.45, 7) is 0. The summed E-state index contributed by atoms with van der Waals surface area (Å²) in [7, 11) is 1.26. The molecule has 0 amide bonds. The smallest absolute Gasteiger partial charge is 0.280 e. The molecule has 0 aliphatic carbocycles. The van der Waals surface area contributed by atoms with Gasteiger partial charge >= 0.3 is 0 Å². The molecule has 0 aromatic carbocycles. The Kier molecular flexibility index (Phi) is 3.74. The molecule has 0 unspecified atom stereocenters. The fourth-order valence-electron chi connectivity index (χ4n) is 0.999. The van der Waals surface area contributed by atoms with Crippen molar-refractivity contribution in [2.24, 2.45) is 0 Å². The zero-order chi connectivity index (χ0) is 10.7. The first-order valence-electron chi connectivity index (χ1n) is 3.67. The van der Waals surface area contributed by atoms with Crippen LogP contribution in [0.25, 0.3) is 0 Å². The van der Waals surface area contributed by atoms with Crippen LogP contribution >= 0.6 is 15.9 Å². The molecule has 0 saturated carbocycles. The number of aromatic nitrogens is 1. The van der Waals surface area contributed by atoms with Crippen LogP contribution in [-0.4, -0.2) is 12.1 Å². The van der Waals surface area contributed by atoms with Gasteiger partial charge in [-0.05, 0) is 6.07 Å². The minimum Gasteiger partial charge on any atom is -0.492 e. The van der Waals surface area contributed by atoms with Gasteiger partial charge in [-0.3, -0.25) is 0 Å². The third-order valence-corrected chi connectivity index (χ3v) is 2.20. The number of nitrogens with zero attached hydrogens (tertiary/aromatic N) is 1. The van der Waals surface area contributed by atoms with Crippen LogP contribution in [0.5, 0.6) is 5.75 Å². The molecule has 78 valence electrons. The van der Waals surface area contributed by atoms with Crippen molar-refractivity contribution in [2.45, 2.75) is 11.8 Å². The van der Waals surface area contributed by atoms with Crippen LogP contribution in [0, 0.1) is 5.95 Å². The second-order valence-corrected chi connectivity index (χ2v) is 3.03. The molecule has 6 heteroatoms. The van der Waals surface area contributed by atoms with Crippen LogP contribution < -0.4 is 4.74 Å². The first-order chi connectivity index (χ1) is 6.60. The van der Waals surface area contributed by atoms with E-state index in [4.69, 9.17) is 0 Å². The van der Waals surface area contributed by atoms with Crippen molar-refractivity contribution in [1.29, 1.82) is 0 Å². The summed E-state index contributed by atoms with van der Waals surface area (Å²) in [6.07, 6.45) is -2.78. The molecule has 0 aliphatic heterocycles. The summed E-state index contributed by atoms with van der Waals surface area (Å²) in [5.74, 6) is -1.12. The summed E-state index contributed by atoms with van der Waals surface area (Å²) in [4.78, 5) is 3.09. The average Bonchev–Trinajstić information content (AvgIpc) is 2.16. The number of pyridine rings is 1. The zero-order valence-electron chi connectivity index (χ0n) is 7.23. The maximum absolute atomic E-state index is 13.1. The van der Waals surface area contributed by atoms with Crippen molar-refractivity contribution in [3.8, 4) is 5.75 Å². The molecule has 1 rings (SSSR count). The topological polar surface area (TPSA) is 22.1 Å². The van der Waals surface area contributed by atoms with Crippen LogP contribution in [0.3, 0.4) is 0 Å². The van der Waals surface area contributed by atoms with Gasteiger partial charge in [0.2, 0.25) is 0 Å². The molecule has 0 bridgehead atoms. The van der Waals surface area contributed by atoms with Gasteiger partial charge in [-0.25, -0.2) is 13.8 Å². The lowest BCUT2D eigenvalue weighted by Gasteiger charge is -2.08. The Morgan fingerprint density at radius 2 is 2.21 bits per heavy atom. The Hall–Kier alpha value is -0.780. The molecule has 0 aliphatic rings. The first-order valence-corrected chi connectivity index (χ1v) is 4.79. The molecule has 1 aromatic heterocycles. The molecule has 0 radical (unpaired) electrons. The van der Waals surface area contributed by atoms with E-state index < -0.39 is 18.1 Å². The molecule has 14 heavy (non-hydrogen) atoms. The molecule has 0 atom stereocenters. The SMILES string of the molecule is COc1c(CBr)cc(C(F)F)nc1F. The number of hydrogen-bond acceptors (Lipinski definition) is 2. The number of ether oxygens (including phenoxy) is 1. The van der Waals surface area contributed by atoms with E-state index in [9.17, 15) is 13.2 Å². The van der Waals surface area contributed by atoms with Crippen molar-refractivity contribution in [3.05, 3.63) is 23.3 Å². The number of methoxy groups -OCH3 is 1. The Labute approximate surface area is 87.2 Å². The van der Waals surface area contributed by atoms with Crippen molar-refractivity contribution in [2.75, 3.05) is 7.11 Å². The van der Waals surface area contributed by atoms with Crippen LogP contribution in [0.15, 0.2) is 6.07 Å². The molecule has 0 fully saturated rings. The molecule has 0 N–H and O–H groups in total. The van der Waals surface area contributed by atoms with Gasteiger partial charge in [-0.15, -0.1) is 0 Å². The molecule has 0 saturated heterocycles. The molecule has 1 heterocycles. The quantitative estimate of drug-likeness (QED) is 0.622.